The Kier molecular flexibility index (Phi) is 5.51. The molecule has 1 unspecified atom stereocenters. The SMILES string of the molecule is CCC(C(=O)Nc1cnn(Cc2ccc(Cl)cc2)c1)n1cc([N+](=O)[O-])cn1. The van der Waals surface area contributed by atoms with E-state index in [9.17, 15) is 14.9 Å². The summed E-state index contributed by atoms with van der Waals surface area (Å²) in [5, 5.41) is 22.4. The average molecular weight is 389 g/mol. The number of nitrogens with one attached hydrogen (secondary N) is 1. The number of benzene rings is 1. The van der Waals surface area contributed by atoms with Crippen LogP contribution in [0.1, 0.15) is 24.9 Å². The number of halogens is 1. The highest BCUT2D eigenvalue weighted by Gasteiger charge is 2.22. The maximum atomic E-state index is 12.5. The standard InChI is InChI=1S/C17H17ClN6O3/c1-2-16(23-11-15(8-20-23)24(26)27)17(25)21-14-7-19-22(10-14)9-12-3-5-13(18)6-4-12/h3-8,10-11,16H,2,9H2,1H3,(H,21,25). The highest BCUT2D eigenvalue weighted by molar-refractivity contribution is 6.30. The molecule has 0 aliphatic carbocycles. The van der Waals surface area contributed by atoms with Crippen LogP contribution in [0.4, 0.5) is 11.4 Å². The molecular weight excluding hydrogens is 372 g/mol. The van der Waals surface area contributed by atoms with Crippen molar-refractivity contribution in [1.82, 2.24) is 19.6 Å². The van der Waals surface area contributed by atoms with E-state index in [1.54, 1.807) is 29.2 Å². The van der Waals surface area contributed by atoms with Gasteiger partial charge in [-0.2, -0.15) is 10.2 Å². The van der Waals surface area contributed by atoms with Crippen LogP contribution in [0.15, 0.2) is 49.1 Å². The number of aromatic nitrogens is 4. The third kappa shape index (κ3) is 4.50. The van der Waals surface area contributed by atoms with Gasteiger partial charge in [-0.1, -0.05) is 30.7 Å². The van der Waals surface area contributed by atoms with Crippen LogP contribution < -0.4 is 5.32 Å². The minimum Gasteiger partial charge on any atom is -0.322 e. The number of nitrogens with zero attached hydrogens (tertiary/aromatic N) is 5. The molecule has 2 aromatic heterocycles. The summed E-state index contributed by atoms with van der Waals surface area (Å²) in [6, 6.07) is 6.76. The third-order valence-electron chi connectivity index (χ3n) is 3.97. The largest absolute Gasteiger partial charge is 0.322 e. The average Bonchev–Trinajstić information content (AvgIpc) is 3.28. The zero-order chi connectivity index (χ0) is 19.4. The van der Waals surface area contributed by atoms with Gasteiger partial charge in [0, 0.05) is 11.2 Å². The minimum atomic E-state index is -0.654. The molecule has 140 valence electrons. The topological polar surface area (TPSA) is 108 Å². The Morgan fingerprint density at radius 1 is 1.26 bits per heavy atom. The first kappa shape index (κ1) is 18.6. The molecular formula is C17H17ClN6O3. The van der Waals surface area contributed by atoms with Gasteiger partial charge in [-0.15, -0.1) is 0 Å². The molecule has 1 amide bonds. The lowest BCUT2D eigenvalue weighted by Crippen LogP contribution is -2.25. The summed E-state index contributed by atoms with van der Waals surface area (Å²) in [5.74, 6) is -0.318. The molecule has 0 radical (unpaired) electrons. The number of carbonyl (C=O) groups is 1. The molecule has 1 atom stereocenters. The Labute approximate surface area is 159 Å². The van der Waals surface area contributed by atoms with E-state index in [1.807, 2.05) is 19.1 Å². The first-order valence-corrected chi connectivity index (χ1v) is 8.60. The zero-order valence-corrected chi connectivity index (χ0v) is 15.2. The Bertz CT molecular complexity index is 950. The molecule has 3 rings (SSSR count). The zero-order valence-electron chi connectivity index (χ0n) is 14.4. The van der Waals surface area contributed by atoms with Gasteiger partial charge < -0.3 is 5.32 Å². The molecule has 0 aliphatic heterocycles. The van der Waals surface area contributed by atoms with E-state index >= 15 is 0 Å². The number of rotatable bonds is 7. The van der Waals surface area contributed by atoms with Gasteiger partial charge in [0.2, 0.25) is 5.91 Å². The Hall–Kier alpha value is -3.20. The Morgan fingerprint density at radius 3 is 2.63 bits per heavy atom. The van der Waals surface area contributed by atoms with Gasteiger partial charge in [0.15, 0.2) is 0 Å². The lowest BCUT2D eigenvalue weighted by molar-refractivity contribution is -0.385. The molecule has 27 heavy (non-hydrogen) atoms. The summed E-state index contributed by atoms with van der Waals surface area (Å²) >= 11 is 5.87. The van der Waals surface area contributed by atoms with Crippen LogP contribution >= 0.6 is 11.6 Å². The van der Waals surface area contributed by atoms with Crippen LogP contribution in [0.5, 0.6) is 0 Å². The molecule has 2 heterocycles. The maximum Gasteiger partial charge on any atom is 0.307 e. The van der Waals surface area contributed by atoms with Crippen molar-refractivity contribution in [2.24, 2.45) is 0 Å². The molecule has 0 spiro atoms. The fourth-order valence-electron chi connectivity index (χ4n) is 2.60. The van der Waals surface area contributed by atoms with Crippen LogP contribution in [-0.2, 0) is 11.3 Å². The second-order valence-electron chi connectivity index (χ2n) is 5.90. The summed E-state index contributed by atoms with van der Waals surface area (Å²) in [6.07, 6.45) is 6.07. The van der Waals surface area contributed by atoms with Gasteiger partial charge in [-0.05, 0) is 24.1 Å². The van der Waals surface area contributed by atoms with Gasteiger partial charge in [0.1, 0.15) is 18.4 Å². The Balaban J connectivity index is 1.66. The Morgan fingerprint density at radius 2 is 2.00 bits per heavy atom. The monoisotopic (exact) mass is 388 g/mol. The number of anilines is 1. The number of amides is 1. The lowest BCUT2D eigenvalue weighted by Gasteiger charge is -2.14. The van der Waals surface area contributed by atoms with Crippen LogP contribution in [0.3, 0.4) is 0 Å². The quantitative estimate of drug-likeness (QED) is 0.493. The number of hydrogen-bond donors (Lipinski definition) is 1. The summed E-state index contributed by atoms with van der Waals surface area (Å²) in [4.78, 5) is 22.8. The van der Waals surface area contributed by atoms with Crippen molar-refractivity contribution in [3.63, 3.8) is 0 Å². The van der Waals surface area contributed by atoms with E-state index in [0.29, 0.717) is 23.7 Å². The fraction of sp³-hybridized carbons (Fsp3) is 0.235. The third-order valence-corrected chi connectivity index (χ3v) is 4.22. The van der Waals surface area contributed by atoms with Crippen molar-refractivity contribution in [2.75, 3.05) is 5.32 Å². The van der Waals surface area contributed by atoms with Gasteiger partial charge in [0.05, 0.1) is 23.4 Å². The van der Waals surface area contributed by atoms with Gasteiger partial charge in [-0.3, -0.25) is 24.3 Å². The molecule has 9 nitrogen and oxygen atoms in total. The highest BCUT2D eigenvalue weighted by atomic mass is 35.5. The lowest BCUT2D eigenvalue weighted by atomic mass is 10.2. The van der Waals surface area contributed by atoms with E-state index in [4.69, 9.17) is 11.6 Å². The molecule has 10 heteroatoms. The minimum absolute atomic E-state index is 0.156. The number of nitro groups is 1. The number of hydrogen-bond acceptors (Lipinski definition) is 5. The van der Waals surface area contributed by atoms with Gasteiger partial charge >= 0.3 is 5.69 Å². The first-order chi connectivity index (χ1) is 13.0. The summed E-state index contributed by atoms with van der Waals surface area (Å²) in [6.45, 7) is 2.34. The molecule has 0 fully saturated rings. The smallest absolute Gasteiger partial charge is 0.307 e. The van der Waals surface area contributed by atoms with E-state index in [0.717, 1.165) is 11.8 Å². The van der Waals surface area contributed by atoms with Crippen LogP contribution in [0.2, 0.25) is 5.02 Å². The number of carbonyl (C=O) groups excluding carboxylic acids is 1. The molecule has 0 bridgehead atoms. The van der Waals surface area contributed by atoms with E-state index in [1.165, 1.54) is 10.9 Å². The van der Waals surface area contributed by atoms with Crippen LogP contribution in [-0.4, -0.2) is 30.4 Å². The van der Waals surface area contributed by atoms with E-state index in [2.05, 4.69) is 15.5 Å². The normalized spacial score (nSPS) is 11.9. The molecule has 0 aliphatic rings. The molecule has 1 aromatic carbocycles. The summed E-state index contributed by atoms with van der Waals surface area (Å²) < 4.78 is 2.99. The molecule has 1 N–H and O–H groups in total. The predicted octanol–water partition coefficient (Wildman–Crippen LogP) is 3.28. The molecule has 3 aromatic rings. The van der Waals surface area contributed by atoms with Crippen molar-refractivity contribution in [1.29, 1.82) is 0 Å². The van der Waals surface area contributed by atoms with Crippen molar-refractivity contribution in [2.45, 2.75) is 25.9 Å². The molecule has 0 saturated carbocycles. The van der Waals surface area contributed by atoms with E-state index < -0.39 is 11.0 Å². The predicted molar refractivity (Wildman–Crippen MR) is 99.6 cm³/mol. The van der Waals surface area contributed by atoms with Crippen molar-refractivity contribution < 1.29 is 9.72 Å². The van der Waals surface area contributed by atoms with Crippen molar-refractivity contribution in [3.8, 4) is 0 Å². The van der Waals surface area contributed by atoms with Crippen LogP contribution in [0, 0.1) is 10.1 Å². The summed E-state index contributed by atoms with van der Waals surface area (Å²) in [7, 11) is 0. The summed E-state index contributed by atoms with van der Waals surface area (Å²) in [5.41, 5.74) is 1.40. The van der Waals surface area contributed by atoms with Crippen LogP contribution in [0.25, 0.3) is 0 Å². The second-order valence-corrected chi connectivity index (χ2v) is 6.34. The van der Waals surface area contributed by atoms with Gasteiger partial charge in [-0.25, -0.2) is 0 Å². The van der Waals surface area contributed by atoms with Crippen molar-refractivity contribution in [3.05, 3.63) is 69.8 Å². The highest BCUT2D eigenvalue weighted by Crippen LogP contribution is 2.18. The molecule has 0 saturated heterocycles. The van der Waals surface area contributed by atoms with E-state index in [-0.39, 0.29) is 11.6 Å². The fourth-order valence-corrected chi connectivity index (χ4v) is 2.73. The van der Waals surface area contributed by atoms with Crippen molar-refractivity contribution >= 4 is 28.9 Å². The second kappa shape index (κ2) is 8.00. The van der Waals surface area contributed by atoms with Gasteiger partial charge in [0.25, 0.3) is 0 Å². The first-order valence-electron chi connectivity index (χ1n) is 8.22. The maximum absolute atomic E-state index is 12.5.